The van der Waals surface area contributed by atoms with Crippen LogP contribution in [0.25, 0.3) is 16.6 Å². The van der Waals surface area contributed by atoms with Crippen LogP contribution in [0.2, 0.25) is 0 Å². The van der Waals surface area contributed by atoms with Gasteiger partial charge in [-0.15, -0.1) is 0 Å². The first-order valence-electron chi connectivity index (χ1n) is 12.1. The molecule has 0 saturated carbocycles. The fourth-order valence-corrected chi connectivity index (χ4v) is 4.39. The molecule has 0 aliphatic carbocycles. The molecular formula is C29H30FN3O3. The van der Waals surface area contributed by atoms with Crippen molar-refractivity contribution < 1.29 is 13.9 Å². The number of benzene rings is 3. The van der Waals surface area contributed by atoms with E-state index >= 15 is 0 Å². The zero-order chi connectivity index (χ0) is 25.7. The van der Waals surface area contributed by atoms with Gasteiger partial charge in [-0.05, 0) is 66.9 Å². The van der Waals surface area contributed by atoms with Gasteiger partial charge in [-0.3, -0.25) is 14.2 Å². The zero-order valence-electron chi connectivity index (χ0n) is 20.8. The van der Waals surface area contributed by atoms with E-state index in [1.807, 2.05) is 37.3 Å². The van der Waals surface area contributed by atoms with Gasteiger partial charge in [-0.25, -0.2) is 9.37 Å². The Hall–Kier alpha value is -3.84. The summed E-state index contributed by atoms with van der Waals surface area (Å²) in [5.74, 6) is -0.154. The third-order valence-corrected chi connectivity index (χ3v) is 6.35. The highest BCUT2D eigenvalue weighted by atomic mass is 19.1. The minimum Gasteiger partial charge on any atom is -0.383 e. The van der Waals surface area contributed by atoms with Crippen LogP contribution in [0.3, 0.4) is 0 Å². The lowest BCUT2D eigenvalue weighted by Crippen LogP contribution is -2.40. The summed E-state index contributed by atoms with van der Waals surface area (Å²) in [6, 6.07) is 19.9. The summed E-state index contributed by atoms with van der Waals surface area (Å²) in [4.78, 5) is 34.1. The first kappa shape index (κ1) is 25.3. The molecule has 1 aromatic heterocycles. The van der Waals surface area contributed by atoms with Gasteiger partial charge in [-0.1, -0.05) is 38.1 Å². The van der Waals surface area contributed by atoms with Gasteiger partial charge in [0.05, 0.1) is 29.2 Å². The molecule has 1 atom stereocenters. The van der Waals surface area contributed by atoms with E-state index in [0.29, 0.717) is 47.6 Å². The smallest absolute Gasteiger partial charge is 0.266 e. The molecule has 0 radical (unpaired) electrons. The van der Waals surface area contributed by atoms with Crippen molar-refractivity contribution in [2.45, 2.75) is 32.7 Å². The molecule has 0 bridgehead atoms. The van der Waals surface area contributed by atoms with Gasteiger partial charge in [0.25, 0.3) is 11.5 Å². The van der Waals surface area contributed by atoms with E-state index < -0.39 is 11.9 Å². The molecule has 0 aliphatic rings. The summed E-state index contributed by atoms with van der Waals surface area (Å²) in [5.41, 5.74) is 2.45. The van der Waals surface area contributed by atoms with Gasteiger partial charge < -0.3 is 9.64 Å². The van der Waals surface area contributed by atoms with Crippen molar-refractivity contribution in [2.24, 2.45) is 0 Å². The Morgan fingerprint density at radius 1 is 1.03 bits per heavy atom. The van der Waals surface area contributed by atoms with Crippen LogP contribution in [0.1, 0.15) is 48.1 Å². The van der Waals surface area contributed by atoms with Gasteiger partial charge in [0.2, 0.25) is 0 Å². The van der Waals surface area contributed by atoms with Crippen molar-refractivity contribution >= 4 is 16.8 Å². The maximum Gasteiger partial charge on any atom is 0.266 e. The average molecular weight is 488 g/mol. The Bertz CT molecular complexity index is 1400. The Labute approximate surface area is 210 Å². The van der Waals surface area contributed by atoms with Gasteiger partial charge in [-0.2, -0.15) is 0 Å². The van der Waals surface area contributed by atoms with Crippen LogP contribution in [0.5, 0.6) is 0 Å². The van der Waals surface area contributed by atoms with E-state index in [0.717, 1.165) is 12.0 Å². The molecule has 0 saturated heterocycles. The predicted molar refractivity (Wildman–Crippen MR) is 139 cm³/mol. The highest BCUT2D eigenvalue weighted by Gasteiger charge is 2.29. The lowest BCUT2D eigenvalue weighted by Gasteiger charge is -2.32. The number of aromatic nitrogens is 2. The van der Waals surface area contributed by atoms with Crippen molar-refractivity contribution in [3.63, 3.8) is 0 Å². The summed E-state index contributed by atoms with van der Waals surface area (Å²) < 4.78 is 20.5. The summed E-state index contributed by atoms with van der Waals surface area (Å²) in [6.07, 6.45) is 1.39. The third kappa shape index (κ3) is 5.06. The Balaban J connectivity index is 1.90. The number of methoxy groups -OCH3 is 1. The number of aryl methyl sites for hydroxylation is 1. The normalized spacial score (nSPS) is 12.0. The Kier molecular flexibility index (Phi) is 7.90. The number of nitrogens with zero attached hydrogens (tertiary/aromatic N) is 3. The van der Waals surface area contributed by atoms with Crippen molar-refractivity contribution in [2.75, 3.05) is 20.3 Å². The second-order valence-electron chi connectivity index (χ2n) is 8.57. The largest absolute Gasteiger partial charge is 0.383 e. The van der Waals surface area contributed by atoms with Crippen LogP contribution in [-0.4, -0.2) is 40.6 Å². The molecule has 186 valence electrons. The molecule has 36 heavy (non-hydrogen) atoms. The van der Waals surface area contributed by atoms with Gasteiger partial charge in [0.1, 0.15) is 11.6 Å². The molecule has 1 amide bonds. The van der Waals surface area contributed by atoms with Crippen molar-refractivity contribution in [1.82, 2.24) is 14.5 Å². The minimum atomic E-state index is -0.527. The first-order valence-corrected chi connectivity index (χ1v) is 12.1. The van der Waals surface area contributed by atoms with Crippen molar-refractivity contribution in [3.8, 4) is 5.69 Å². The van der Waals surface area contributed by atoms with Gasteiger partial charge >= 0.3 is 0 Å². The van der Waals surface area contributed by atoms with Crippen LogP contribution >= 0.6 is 0 Å². The minimum absolute atomic E-state index is 0.172. The number of halogens is 1. The van der Waals surface area contributed by atoms with Crippen LogP contribution in [-0.2, 0) is 11.2 Å². The number of rotatable bonds is 9. The van der Waals surface area contributed by atoms with Crippen LogP contribution in [0.15, 0.2) is 77.6 Å². The molecule has 0 N–H and O–H groups in total. The molecule has 3 aromatic carbocycles. The van der Waals surface area contributed by atoms with E-state index in [2.05, 4.69) is 6.92 Å². The van der Waals surface area contributed by atoms with Crippen LogP contribution in [0.4, 0.5) is 4.39 Å². The molecule has 6 nitrogen and oxygen atoms in total. The summed E-state index contributed by atoms with van der Waals surface area (Å²) in [6.45, 7) is 4.66. The molecule has 4 aromatic rings. The summed E-state index contributed by atoms with van der Waals surface area (Å²) >= 11 is 0. The second-order valence-corrected chi connectivity index (χ2v) is 8.57. The van der Waals surface area contributed by atoms with E-state index in [1.165, 1.54) is 16.7 Å². The van der Waals surface area contributed by atoms with Crippen LogP contribution in [0, 0.1) is 5.82 Å². The fourth-order valence-electron chi connectivity index (χ4n) is 4.39. The number of ether oxygens (including phenoxy) is 1. The van der Waals surface area contributed by atoms with E-state index in [9.17, 15) is 14.0 Å². The first-order chi connectivity index (χ1) is 17.5. The number of para-hydroxylation sites is 1. The molecule has 1 heterocycles. The number of amides is 1. The number of carbonyl (C=O) groups is 1. The molecule has 4 rings (SSSR count). The van der Waals surface area contributed by atoms with Crippen molar-refractivity contribution in [1.29, 1.82) is 0 Å². The van der Waals surface area contributed by atoms with E-state index in [-0.39, 0.29) is 11.5 Å². The maximum absolute atomic E-state index is 13.8. The Morgan fingerprint density at radius 2 is 1.72 bits per heavy atom. The number of fused-ring (bicyclic) bond motifs is 1. The SMILES string of the molecule is CCc1ccc(C(=O)N(CCOC)C(CC)c2nc3ccccc3c(=O)n2-c2ccc(F)cc2)cc1. The Morgan fingerprint density at radius 3 is 2.36 bits per heavy atom. The summed E-state index contributed by atoms with van der Waals surface area (Å²) in [5, 5.41) is 0.449. The molecule has 0 spiro atoms. The van der Waals surface area contributed by atoms with E-state index in [1.54, 1.807) is 42.3 Å². The molecule has 7 heteroatoms. The molecular weight excluding hydrogens is 457 g/mol. The number of carbonyl (C=O) groups excluding carboxylic acids is 1. The third-order valence-electron chi connectivity index (χ3n) is 6.35. The lowest BCUT2D eigenvalue weighted by molar-refractivity contribution is 0.0579. The number of hydrogen-bond donors (Lipinski definition) is 0. The summed E-state index contributed by atoms with van der Waals surface area (Å²) in [7, 11) is 1.59. The lowest BCUT2D eigenvalue weighted by atomic mass is 10.1. The van der Waals surface area contributed by atoms with Gasteiger partial charge in [0.15, 0.2) is 0 Å². The molecule has 0 fully saturated rings. The molecule has 1 unspecified atom stereocenters. The average Bonchev–Trinajstić information content (AvgIpc) is 2.91. The quantitative estimate of drug-likeness (QED) is 0.320. The molecule has 0 aliphatic heterocycles. The highest BCUT2D eigenvalue weighted by Crippen LogP contribution is 2.27. The van der Waals surface area contributed by atoms with Crippen molar-refractivity contribution in [3.05, 3.63) is 106 Å². The number of hydrogen-bond acceptors (Lipinski definition) is 4. The monoisotopic (exact) mass is 487 g/mol. The second kappa shape index (κ2) is 11.3. The highest BCUT2D eigenvalue weighted by molar-refractivity contribution is 5.94. The van der Waals surface area contributed by atoms with Gasteiger partial charge in [0, 0.05) is 19.2 Å². The van der Waals surface area contributed by atoms with E-state index in [4.69, 9.17) is 9.72 Å². The maximum atomic E-state index is 13.8. The van der Waals surface area contributed by atoms with Crippen LogP contribution < -0.4 is 5.56 Å². The predicted octanol–water partition coefficient (Wildman–Crippen LogP) is 5.33. The topological polar surface area (TPSA) is 64.4 Å². The standard InChI is InChI=1S/C29H30FN3O3/c1-4-20-10-12-21(13-11-20)28(34)32(18-19-36-3)26(5-2)27-31-25-9-7-6-8-24(25)29(35)33(27)23-16-14-22(30)15-17-23/h6-17,26H,4-5,18-19H2,1-3H3. The fraction of sp³-hybridized carbons (Fsp3) is 0.276. The zero-order valence-corrected chi connectivity index (χ0v) is 20.8.